The van der Waals surface area contributed by atoms with Crippen molar-refractivity contribution in [1.82, 2.24) is 10.6 Å². The van der Waals surface area contributed by atoms with E-state index in [1.165, 1.54) is 22.6 Å². The van der Waals surface area contributed by atoms with E-state index < -0.39 is 0 Å². The van der Waals surface area contributed by atoms with Crippen LogP contribution in [-0.4, -0.2) is 25.0 Å². The Bertz CT molecular complexity index is 496. The maximum Gasteiger partial charge on any atom is 0.223 e. The lowest BCUT2D eigenvalue weighted by molar-refractivity contribution is -0.123. The minimum Gasteiger partial charge on any atom is -0.353 e. The number of hydrogen-bond acceptors (Lipinski definition) is 3. The topological polar surface area (TPSA) is 41.1 Å². The lowest BCUT2D eigenvalue weighted by Crippen LogP contribution is -2.38. The molecular formula is C16H25ClN2OS. The van der Waals surface area contributed by atoms with Crippen LogP contribution in [0.25, 0.3) is 0 Å². The van der Waals surface area contributed by atoms with Gasteiger partial charge in [0.1, 0.15) is 0 Å². The highest BCUT2D eigenvalue weighted by atomic mass is 35.5. The number of nitrogens with one attached hydrogen (secondary N) is 2. The number of piperidine rings is 1. The predicted molar refractivity (Wildman–Crippen MR) is 90.3 cm³/mol. The van der Waals surface area contributed by atoms with Gasteiger partial charge in [-0.2, -0.15) is 0 Å². The summed E-state index contributed by atoms with van der Waals surface area (Å²) < 4.78 is 0. The molecule has 2 heterocycles. The smallest absolute Gasteiger partial charge is 0.223 e. The zero-order valence-electron chi connectivity index (χ0n) is 12.8. The van der Waals surface area contributed by atoms with Gasteiger partial charge in [0, 0.05) is 28.1 Å². The molecule has 2 aliphatic rings. The molecule has 0 bridgehead atoms. The van der Waals surface area contributed by atoms with Crippen LogP contribution in [0.3, 0.4) is 0 Å². The molecule has 1 saturated carbocycles. The molecule has 2 fully saturated rings. The molecule has 3 rings (SSSR count). The summed E-state index contributed by atoms with van der Waals surface area (Å²) in [7, 11) is 0. The van der Waals surface area contributed by atoms with Crippen molar-refractivity contribution in [2.24, 2.45) is 11.3 Å². The van der Waals surface area contributed by atoms with E-state index in [4.69, 9.17) is 0 Å². The second-order valence-electron chi connectivity index (χ2n) is 6.50. The van der Waals surface area contributed by atoms with Crippen LogP contribution < -0.4 is 10.6 Å². The van der Waals surface area contributed by atoms with Gasteiger partial charge in [-0.1, -0.05) is 0 Å². The summed E-state index contributed by atoms with van der Waals surface area (Å²) in [4.78, 5) is 15.1. The van der Waals surface area contributed by atoms with Crippen molar-refractivity contribution in [2.45, 2.75) is 45.6 Å². The van der Waals surface area contributed by atoms with Gasteiger partial charge in [0.15, 0.2) is 0 Å². The summed E-state index contributed by atoms with van der Waals surface area (Å²) in [5.41, 5.74) is 0.342. The molecule has 1 aromatic heterocycles. The fourth-order valence-electron chi connectivity index (χ4n) is 3.49. The summed E-state index contributed by atoms with van der Waals surface area (Å²) in [6.45, 7) is 6.40. The minimum absolute atomic E-state index is 0. The first-order valence-corrected chi connectivity index (χ1v) is 8.47. The molecule has 5 heteroatoms. The Morgan fingerprint density at radius 1 is 1.48 bits per heavy atom. The van der Waals surface area contributed by atoms with Crippen molar-refractivity contribution >= 4 is 29.7 Å². The van der Waals surface area contributed by atoms with Crippen LogP contribution in [-0.2, 0) is 11.2 Å². The number of carbonyl (C=O) groups is 1. The van der Waals surface area contributed by atoms with Gasteiger partial charge in [0.2, 0.25) is 5.91 Å². The third-order valence-corrected chi connectivity index (χ3v) is 5.82. The predicted octanol–water partition coefficient (Wildman–Crippen LogP) is 2.92. The van der Waals surface area contributed by atoms with Gasteiger partial charge in [-0.25, -0.2) is 0 Å². The van der Waals surface area contributed by atoms with E-state index in [0.29, 0.717) is 5.41 Å². The average Bonchev–Trinajstić information content (AvgIpc) is 2.94. The van der Waals surface area contributed by atoms with E-state index in [-0.39, 0.29) is 30.3 Å². The molecule has 2 unspecified atom stereocenters. The molecule has 21 heavy (non-hydrogen) atoms. The highest BCUT2D eigenvalue weighted by Crippen LogP contribution is 2.58. The number of thiophene rings is 1. The minimum atomic E-state index is 0. The largest absolute Gasteiger partial charge is 0.353 e. The van der Waals surface area contributed by atoms with Crippen molar-refractivity contribution in [3.05, 3.63) is 21.9 Å². The van der Waals surface area contributed by atoms with Crippen LogP contribution in [0.1, 0.15) is 35.9 Å². The Morgan fingerprint density at radius 2 is 2.19 bits per heavy atom. The van der Waals surface area contributed by atoms with Crippen molar-refractivity contribution in [2.75, 3.05) is 13.1 Å². The van der Waals surface area contributed by atoms with Gasteiger partial charge < -0.3 is 10.6 Å². The Labute approximate surface area is 137 Å². The quantitative estimate of drug-likeness (QED) is 0.892. The first kappa shape index (κ1) is 16.8. The maximum atomic E-state index is 12.4. The lowest BCUT2D eigenvalue weighted by Gasteiger charge is -2.23. The summed E-state index contributed by atoms with van der Waals surface area (Å²) in [6.07, 6.45) is 4.39. The molecule has 118 valence electrons. The molecule has 0 radical (unpaired) electrons. The first-order chi connectivity index (χ1) is 9.59. The standard InChI is InChI=1S/C16H24N2OS.ClH/c1-11(9-13-4-3-12(2)20-13)18-15(19)14-10-16(14)5-7-17-8-6-16;/h3-4,11,14,17H,5-10H2,1-2H3,(H,18,19);1H. The molecule has 1 aliphatic heterocycles. The van der Waals surface area contributed by atoms with E-state index in [0.717, 1.165) is 25.9 Å². The van der Waals surface area contributed by atoms with E-state index in [9.17, 15) is 4.79 Å². The number of hydrogen-bond donors (Lipinski definition) is 2. The normalized spacial score (nSPS) is 24.2. The van der Waals surface area contributed by atoms with Crippen LogP contribution >= 0.6 is 23.7 Å². The molecule has 1 aliphatic carbocycles. The van der Waals surface area contributed by atoms with Gasteiger partial charge >= 0.3 is 0 Å². The molecule has 3 nitrogen and oxygen atoms in total. The Morgan fingerprint density at radius 3 is 2.81 bits per heavy atom. The van der Waals surface area contributed by atoms with Crippen LogP contribution in [0, 0.1) is 18.3 Å². The molecule has 1 saturated heterocycles. The monoisotopic (exact) mass is 328 g/mol. The van der Waals surface area contributed by atoms with Gasteiger partial charge in [-0.05, 0) is 63.7 Å². The first-order valence-electron chi connectivity index (χ1n) is 7.65. The van der Waals surface area contributed by atoms with Gasteiger partial charge in [0.05, 0.1) is 0 Å². The summed E-state index contributed by atoms with van der Waals surface area (Å²) in [6, 6.07) is 4.56. The number of aryl methyl sites for hydroxylation is 1. The van der Waals surface area contributed by atoms with Gasteiger partial charge in [-0.15, -0.1) is 23.7 Å². The van der Waals surface area contributed by atoms with Gasteiger partial charge in [-0.3, -0.25) is 4.79 Å². The molecule has 0 aromatic carbocycles. The fourth-order valence-corrected chi connectivity index (χ4v) is 4.51. The molecule has 2 N–H and O–H groups in total. The summed E-state index contributed by atoms with van der Waals surface area (Å²) in [5.74, 6) is 0.560. The second-order valence-corrected chi connectivity index (χ2v) is 7.87. The van der Waals surface area contributed by atoms with E-state index in [2.05, 4.69) is 36.6 Å². The highest BCUT2D eigenvalue weighted by Gasteiger charge is 2.57. The Hall–Kier alpha value is -0.580. The summed E-state index contributed by atoms with van der Waals surface area (Å²) in [5, 5.41) is 6.60. The van der Waals surface area contributed by atoms with Crippen LogP contribution in [0.4, 0.5) is 0 Å². The highest BCUT2D eigenvalue weighted by molar-refractivity contribution is 7.11. The zero-order valence-corrected chi connectivity index (χ0v) is 14.4. The average molecular weight is 329 g/mol. The molecule has 1 amide bonds. The van der Waals surface area contributed by atoms with Crippen molar-refractivity contribution in [3.8, 4) is 0 Å². The zero-order chi connectivity index (χ0) is 14.2. The lowest BCUT2D eigenvalue weighted by atomic mass is 9.91. The number of amides is 1. The molecule has 1 spiro atoms. The third-order valence-electron chi connectivity index (χ3n) is 4.80. The van der Waals surface area contributed by atoms with E-state index in [1.54, 1.807) is 0 Å². The fraction of sp³-hybridized carbons (Fsp3) is 0.688. The van der Waals surface area contributed by atoms with Crippen LogP contribution in [0.5, 0.6) is 0 Å². The number of carbonyl (C=O) groups excluding carboxylic acids is 1. The third kappa shape index (κ3) is 3.79. The van der Waals surface area contributed by atoms with Crippen LogP contribution in [0.2, 0.25) is 0 Å². The molecule has 1 aromatic rings. The second kappa shape index (κ2) is 6.67. The van der Waals surface area contributed by atoms with Gasteiger partial charge in [0.25, 0.3) is 0 Å². The van der Waals surface area contributed by atoms with E-state index >= 15 is 0 Å². The number of halogens is 1. The maximum absolute atomic E-state index is 12.4. The number of rotatable bonds is 4. The molecule has 2 atom stereocenters. The van der Waals surface area contributed by atoms with Crippen molar-refractivity contribution in [3.63, 3.8) is 0 Å². The van der Waals surface area contributed by atoms with Crippen LogP contribution in [0.15, 0.2) is 12.1 Å². The van der Waals surface area contributed by atoms with Crippen molar-refractivity contribution < 1.29 is 4.79 Å². The Kier molecular flexibility index (Phi) is 5.33. The van der Waals surface area contributed by atoms with Crippen molar-refractivity contribution in [1.29, 1.82) is 0 Å². The Balaban J connectivity index is 0.00000161. The van der Waals surface area contributed by atoms with E-state index in [1.807, 2.05) is 11.3 Å². The SMILES string of the molecule is Cc1ccc(CC(C)NC(=O)C2CC23CCNCC3)s1.Cl. The molecular weight excluding hydrogens is 304 g/mol. The summed E-state index contributed by atoms with van der Waals surface area (Å²) >= 11 is 1.83.